The molecule has 13 heteroatoms. The summed E-state index contributed by atoms with van der Waals surface area (Å²) in [6, 6.07) is 12.6. The molecule has 0 amide bonds. The largest absolute Gasteiger partial charge is 0.478 e. The maximum atomic E-state index is 15.1. The van der Waals surface area contributed by atoms with E-state index in [9.17, 15) is 14.3 Å². The summed E-state index contributed by atoms with van der Waals surface area (Å²) in [4.78, 5) is 25.7. The molecule has 7 rings (SSSR count). The van der Waals surface area contributed by atoms with E-state index in [2.05, 4.69) is 9.80 Å². The van der Waals surface area contributed by atoms with E-state index in [1.807, 2.05) is 16.7 Å². The Morgan fingerprint density at radius 1 is 1.02 bits per heavy atom. The van der Waals surface area contributed by atoms with Gasteiger partial charge in [0.05, 0.1) is 49.5 Å². The van der Waals surface area contributed by atoms with Gasteiger partial charge in [0.1, 0.15) is 29.6 Å². The van der Waals surface area contributed by atoms with Gasteiger partial charge in [-0.3, -0.25) is 4.90 Å². The molecule has 5 heterocycles. The van der Waals surface area contributed by atoms with Gasteiger partial charge in [-0.2, -0.15) is 4.98 Å². The highest BCUT2D eigenvalue weighted by Crippen LogP contribution is 2.31. The molecule has 3 aliphatic rings. The first-order chi connectivity index (χ1) is 21.8. The highest BCUT2D eigenvalue weighted by Gasteiger charge is 2.42. The first kappa shape index (κ1) is 29.8. The lowest BCUT2D eigenvalue weighted by Gasteiger charge is -2.44. The van der Waals surface area contributed by atoms with E-state index in [0.29, 0.717) is 80.4 Å². The number of piperazine rings is 1. The Labute approximate surface area is 263 Å². The van der Waals surface area contributed by atoms with Crippen molar-refractivity contribution in [1.82, 2.24) is 19.4 Å². The third kappa shape index (κ3) is 6.07. The van der Waals surface area contributed by atoms with Crippen LogP contribution in [0, 0.1) is 17.6 Å². The van der Waals surface area contributed by atoms with Crippen molar-refractivity contribution in [2.24, 2.45) is 5.92 Å². The molecule has 3 unspecified atom stereocenters. The number of hydrogen-bond donors (Lipinski definition) is 1. The minimum atomic E-state index is -1.18. The van der Waals surface area contributed by atoms with Crippen molar-refractivity contribution in [3.63, 3.8) is 0 Å². The van der Waals surface area contributed by atoms with Crippen LogP contribution in [0.4, 0.5) is 14.6 Å². The number of pyridine rings is 1. The number of carboxylic acid groups (broad SMARTS) is 1. The van der Waals surface area contributed by atoms with Crippen LogP contribution in [0.1, 0.15) is 28.2 Å². The number of hydrogen-bond acceptors (Lipinski definition) is 8. The minimum absolute atomic E-state index is 0.00613. The van der Waals surface area contributed by atoms with Crippen LogP contribution in [-0.4, -0.2) is 82.1 Å². The number of benzene rings is 2. The van der Waals surface area contributed by atoms with Crippen molar-refractivity contribution in [3.8, 4) is 5.88 Å². The molecule has 236 valence electrons. The van der Waals surface area contributed by atoms with Gasteiger partial charge in [0, 0.05) is 48.8 Å². The normalized spacial score (nSPS) is 21.8. The maximum Gasteiger partial charge on any atom is 0.335 e. The molecular weight excluding hydrogens is 608 g/mol. The van der Waals surface area contributed by atoms with Gasteiger partial charge >= 0.3 is 5.97 Å². The van der Waals surface area contributed by atoms with Crippen LogP contribution in [0.25, 0.3) is 11.0 Å². The maximum absolute atomic E-state index is 15.1. The summed E-state index contributed by atoms with van der Waals surface area (Å²) in [5.74, 6) is -0.235. The van der Waals surface area contributed by atoms with Gasteiger partial charge in [-0.25, -0.2) is 18.6 Å². The second-order valence-electron chi connectivity index (χ2n) is 11.7. The fourth-order valence-electron chi connectivity index (χ4n) is 6.51. The lowest BCUT2D eigenvalue weighted by Crippen LogP contribution is -2.59. The van der Waals surface area contributed by atoms with Crippen LogP contribution in [0.15, 0.2) is 48.5 Å². The monoisotopic (exact) mass is 639 g/mol. The summed E-state index contributed by atoms with van der Waals surface area (Å²) in [6.45, 7) is 4.65. The lowest BCUT2D eigenvalue weighted by molar-refractivity contribution is 0.0696. The summed E-state index contributed by atoms with van der Waals surface area (Å²) in [7, 11) is 0. The van der Waals surface area contributed by atoms with Gasteiger partial charge < -0.3 is 28.8 Å². The zero-order chi connectivity index (χ0) is 31.1. The van der Waals surface area contributed by atoms with Crippen molar-refractivity contribution in [2.75, 3.05) is 44.4 Å². The van der Waals surface area contributed by atoms with E-state index in [1.54, 1.807) is 18.2 Å². The van der Waals surface area contributed by atoms with Crippen LogP contribution in [0.3, 0.4) is 0 Å². The number of carboxylic acids is 1. The summed E-state index contributed by atoms with van der Waals surface area (Å²) < 4.78 is 48.7. The molecule has 10 nitrogen and oxygen atoms in total. The number of rotatable bonds is 9. The summed E-state index contributed by atoms with van der Waals surface area (Å²) >= 11 is 5.87. The molecule has 3 saturated heterocycles. The predicted molar refractivity (Wildman–Crippen MR) is 162 cm³/mol. The molecule has 2 aromatic heterocycles. The number of imidazole rings is 1. The average molecular weight is 640 g/mol. The number of aromatic carboxylic acids is 1. The highest BCUT2D eigenvalue weighted by molar-refractivity contribution is 6.30. The molecule has 0 radical (unpaired) electrons. The Kier molecular flexibility index (Phi) is 8.30. The second-order valence-corrected chi connectivity index (χ2v) is 12.1. The SMILES string of the molecule is O=C(O)c1cc(F)c2nc(CN3CCN(c4cccc(OCc5ccc(Cl)cc5F)n4)C4COCC43)n(CC3CCOC3)c2c1. The molecule has 3 atom stereocenters. The molecule has 2 aromatic carbocycles. The molecule has 4 aromatic rings. The summed E-state index contributed by atoms with van der Waals surface area (Å²) in [5.41, 5.74) is 0.929. The first-order valence-corrected chi connectivity index (χ1v) is 15.3. The predicted octanol–water partition coefficient (Wildman–Crippen LogP) is 4.77. The van der Waals surface area contributed by atoms with Crippen LogP contribution >= 0.6 is 11.6 Å². The molecule has 3 aliphatic heterocycles. The topological polar surface area (TPSA) is 102 Å². The molecule has 0 bridgehead atoms. The number of nitrogens with zero attached hydrogens (tertiary/aromatic N) is 5. The van der Waals surface area contributed by atoms with Gasteiger partial charge in [0.2, 0.25) is 5.88 Å². The number of anilines is 1. The zero-order valence-corrected chi connectivity index (χ0v) is 25.1. The Morgan fingerprint density at radius 3 is 2.69 bits per heavy atom. The molecular formula is C32H32ClF2N5O5. The molecule has 0 saturated carbocycles. The number of fused-ring (bicyclic) bond motifs is 2. The van der Waals surface area contributed by atoms with Crippen LogP contribution in [0.2, 0.25) is 5.02 Å². The Morgan fingerprint density at radius 2 is 1.89 bits per heavy atom. The quantitative estimate of drug-likeness (QED) is 0.278. The van der Waals surface area contributed by atoms with Crippen molar-refractivity contribution >= 4 is 34.4 Å². The minimum Gasteiger partial charge on any atom is -0.478 e. The van der Waals surface area contributed by atoms with Crippen LogP contribution in [0.5, 0.6) is 5.88 Å². The number of carbonyl (C=O) groups is 1. The van der Waals surface area contributed by atoms with E-state index >= 15 is 4.39 Å². The van der Waals surface area contributed by atoms with Crippen molar-refractivity contribution < 1.29 is 32.9 Å². The van der Waals surface area contributed by atoms with Crippen molar-refractivity contribution in [1.29, 1.82) is 0 Å². The zero-order valence-electron chi connectivity index (χ0n) is 24.4. The Hall–Kier alpha value is -3.84. The van der Waals surface area contributed by atoms with E-state index in [0.717, 1.165) is 18.3 Å². The van der Waals surface area contributed by atoms with Crippen LogP contribution < -0.4 is 9.64 Å². The van der Waals surface area contributed by atoms with Gasteiger partial charge in [0.25, 0.3) is 0 Å². The lowest BCUT2D eigenvalue weighted by atomic mass is 10.0. The smallest absolute Gasteiger partial charge is 0.335 e. The highest BCUT2D eigenvalue weighted by atomic mass is 35.5. The number of ether oxygens (including phenoxy) is 3. The van der Waals surface area contributed by atoms with E-state index in [4.69, 9.17) is 35.8 Å². The van der Waals surface area contributed by atoms with Gasteiger partial charge in [-0.15, -0.1) is 0 Å². The van der Waals surface area contributed by atoms with E-state index in [-0.39, 0.29) is 35.7 Å². The fourth-order valence-corrected chi connectivity index (χ4v) is 6.66. The van der Waals surface area contributed by atoms with Gasteiger partial charge in [0.15, 0.2) is 5.82 Å². The number of halogens is 3. The molecule has 0 aliphatic carbocycles. The summed E-state index contributed by atoms with van der Waals surface area (Å²) in [5, 5.41) is 9.90. The third-order valence-corrected chi connectivity index (χ3v) is 9.09. The molecule has 0 spiro atoms. The van der Waals surface area contributed by atoms with E-state index in [1.165, 1.54) is 12.1 Å². The average Bonchev–Trinajstić information content (AvgIpc) is 3.79. The fraction of sp³-hybridized carbons (Fsp3) is 0.406. The first-order valence-electron chi connectivity index (χ1n) is 15.0. The third-order valence-electron chi connectivity index (χ3n) is 8.86. The van der Waals surface area contributed by atoms with Crippen LogP contribution in [-0.2, 0) is 29.2 Å². The molecule has 1 N–H and O–H groups in total. The van der Waals surface area contributed by atoms with Crippen molar-refractivity contribution in [2.45, 2.75) is 38.2 Å². The van der Waals surface area contributed by atoms with Gasteiger partial charge in [-0.1, -0.05) is 23.7 Å². The standard InChI is InChI=1S/C32H32ClF2N5O5/c33-22-5-4-20(23(34)12-22)16-45-30-3-1-2-28(36-30)39-8-7-38(26-17-44-18-27(26)39)14-29-37-31-24(35)10-21(32(41)42)11-25(31)40(29)13-19-6-9-43-15-19/h1-5,10-12,19,26-27H,6-9,13-18H2,(H,41,42). The molecule has 3 fully saturated rings. The second kappa shape index (κ2) is 12.5. The van der Waals surface area contributed by atoms with Crippen molar-refractivity contribution in [3.05, 3.63) is 82.1 Å². The Bertz CT molecular complexity index is 1730. The Balaban J connectivity index is 1.11. The van der Waals surface area contributed by atoms with E-state index < -0.39 is 17.6 Å². The summed E-state index contributed by atoms with van der Waals surface area (Å²) in [6.07, 6.45) is 0.877. The number of aromatic nitrogens is 3. The van der Waals surface area contributed by atoms with Gasteiger partial charge in [-0.05, 0) is 36.8 Å². The molecule has 45 heavy (non-hydrogen) atoms.